The Kier molecular flexibility index (Phi) is 4.15. The standard InChI is InChI=1S/C16H14O4/c1-19-14-9-11(10-17)8-13(16(14)20-2)15(18)12-6-4-3-5-7-12/h3-10H,1-2H3. The van der Waals surface area contributed by atoms with Gasteiger partial charge in [-0.25, -0.2) is 0 Å². The molecule has 4 heteroatoms. The van der Waals surface area contributed by atoms with Crippen LogP contribution in [0.25, 0.3) is 0 Å². The predicted octanol–water partition coefficient (Wildman–Crippen LogP) is 2.75. The fourth-order valence-electron chi connectivity index (χ4n) is 1.97. The average molecular weight is 270 g/mol. The van der Waals surface area contributed by atoms with Crippen molar-refractivity contribution in [2.24, 2.45) is 0 Å². The maximum absolute atomic E-state index is 12.5. The smallest absolute Gasteiger partial charge is 0.196 e. The molecule has 0 aliphatic rings. The minimum Gasteiger partial charge on any atom is -0.493 e. The number of carbonyl (C=O) groups is 2. The first-order valence-corrected chi connectivity index (χ1v) is 6.02. The molecule has 0 N–H and O–H groups in total. The van der Waals surface area contributed by atoms with Crippen molar-refractivity contribution in [3.05, 3.63) is 59.2 Å². The molecule has 0 aliphatic carbocycles. The van der Waals surface area contributed by atoms with E-state index in [4.69, 9.17) is 9.47 Å². The highest BCUT2D eigenvalue weighted by atomic mass is 16.5. The lowest BCUT2D eigenvalue weighted by atomic mass is 10.00. The van der Waals surface area contributed by atoms with Crippen LogP contribution in [0.5, 0.6) is 11.5 Å². The van der Waals surface area contributed by atoms with Gasteiger partial charge in [-0.3, -0.25) is 9.59 Å². The Balaban J connectivity index is 2.60. The van der Waals surface area contributed by atoms with Crippen LogP contribution in [0.1, 0.15) is 26.3 Å². The summed E-state index contributed by atoms with van der Waals surface area (Å²) in [4.78, 5) is 23.5. The highest BCUT2D eigenvalue weighted by Gasteiger charge is 2.19. The zero-order valence-electron chi connectivity index (χ0n) is 11.3. The Bertz CT molecular complexity index is 632. The van der Waals surface area contributed by atoms with Gasteiger partial charge in [0, 0.05) is 11.1 Å². The van der Waals surface area contributed by atoms with E-state index in [1.54, 1.807) is 24.3 Å². The van der Waals surface area contributed by atoms with Gasteiger partial charge < -0.3 is 9.47 Å². The second-order valence-electron chi connectivity index (χ2n) is 4.12. The van der Waals surface area contributed by atoms with Crippen molar-refractivity contribution in [1.29, 1.82) is 0 Å². The van der Waals surface area contributed by atoms with Crippen LogP contribution in [0.2, 0.25) is 0 Å². The fraction of sp³-hybridized carbons (Fsp3) is 0.125. The summed E-state index contributed by atoms with van der Waals surface area (Å²) in [5.41, 5.74) is 1.19. The molecule has 2 aromatic carbocycles. The van der Waals surface area contributed by atoms with E-state index < -0.39 is 0 Å². The summed E-state index contributed by atoms with van der Waals surface area (Å²) in [6, 6.07) is 11.8. The zero-order chi connectivity index (χ0) is 14.5. The fourth-order valence-corrected chi connectivity index (χ4v) is 1.97. The van der Waals surface area contributed by atoms with Crippen LogP contribution in [0.3, 0.4) is 0 Å². The molecule has 0 amide bonds. The van der Waals surface area contributed by atoms with E-state index in [1.165, 1.54) is 26.4 Å². The molecule has 0 radical (unpaired) electrons. The highest BCUT2D eigenvalue weighted by Crippen LogP contribution is 2.33. The van der Waals surface area contributed by atoms with Gasteiger partial charge in [-0.15, -0.1) is 0 Å². The molecule has 0 fully saturated rings. The van der Waals surface area contributed by atoms with Crippen molar-refractivity contribution < 1.29 is 19.1 Å². The second-order valence-corrected chi connectivity index (χ2v) is 4.12. The number of hydrogen-bond acceptors (Lipinski definition) is 4. The van der Waals surface area contributed by atoms with Crippen molar-refractivity contribution in [2.45, 2.75) is 0 Å². The van der Waals surface area contributed by atoms with E-state index in [-0.39, 0.29) is 5.78 Å². The molecule has 0 saturated carbocycles. The van der Waals surface area contributed by atoms with Gasteiger partial charge in [0.15, 0.2) is 17.3 Å². The summed E-state index contributed by atoms with van der Waals surface area (Å²) >= 11 is 0. The van der Waals surface area contributed by atoms with Crippen molar-refractivity contribution in [1.82, 2.24) is 0 Å². The van der Waals surface area contributed by atoms with E-state index in [9.17, 15) is 9.59 Å². The molecule has 0 bridgehead atoms. The zero-order valence-corrected chi connectivity index (χ0v) is 11.3. The van der Waals surface area contributed by atoms with E-state index in [0.29, 0.717) is 34.5 Å². The predicted molar refractivity (Wildman–Crippen MR) is 74.8 cm³/mol. The summed E-state index contributed by atoms with van der Waals surface area (Å²) in [5, 5.41) is 0. The molecular formula is C16H14O4. The van der Waals surface area contributed by atoms with Crippen molar-refractivity contribution >= 4 is 12.1 Å². The van der Waals surface area contributed by atoms with Crippen molar-refractivity contribution in [3.8, 4) is 11.5 Å². The number of ketones is 1. The Hall–Kier alpha value is -2.62. The lowest BCUT2D eigenvalue weighted by molar-refractivity contribution is 0.103. The number of rotatable bonds is 5. The van der Waals surface area contributed by atoms with Crippen LogP contribution in [-0.2, 0) is 0 Å². The molecule has 0 spiro atoms. The monoisotopic (exact) mass is 270 g/mol. The minimum absolute atomic E-state index is 0.218. The van der Waals surface area contributed by atoms with Gasteiger partial charge >= 0.3 is 0 Å². The summed E-state index contributed by atoms with van der Waals surface area (Å²) in [5.74, 6) is 0.466. The second kappa shape index (κ2) is 6.02. The Morgan fingerprint density at radius 1 is 1.05 bits per heavy atom. The summed E-state index contributed by atoms with van der Waals surface area (Å²) in [6.45, 7) is 0. The number of hydrogen-bond donors (Lipinski definition) is 0. The molecule has 0 aliphatic heterocycles. The molecule has 0 aromatic heterocycles. The molecule has 20 heavy (non-hydrogen) atoms. The molecule has 4 nitrogen and oxygen atoms in total. The van der Waals surface area contributed by atoms with Crippen molar-refractivity contribution in [2.75, 3.05) is 14.2 Å². The van der Waals surface area contributed by atoms with Gasteiger partial charge in [0.05, 0.1) is 19.8 Å². The van der Waals surface area contributed by atoms with E-state index in [1.807, 2.05) is 6.07 Å². The lowest BCUT2D eigenvalue weighted by Gasteiger charge is -2.13. The summed E-state index contributed by atoms with van der Waals surface area (Å²) in [6.07, 6.45) is 0.670. The van der Waals surface area contributed by atoms with Crippen LogP contribution in [0.15, 0.2) is 42.5 Å². The van der Waals surface area contributed by atoms with E-state index in [2.05, 4.69) is 0 Å². The summed E-state index contributed by atoms with van der Waals surface area (Å²) < 4.78 is 10.4. The number of aldehydes is 1. The van der Waals surface area contributed by atoms with Gasteiger partial charge in [-0.2, -0.15) is 0 Å². The van der Waals surface area contributed by atoms with Crippen LogP contribution in [0, 0.1) is 0 Å². The van der Waals surface area contributed by atoms with Gasteiger partial charge in [-0.05, 0) is 12.1 Å². The molecule has 102 valence electrons. The van der Waals surface area contributed by atoms with E-state index in [0.717, 1.165) is 0 Å². The Morgan fingerprint density at radius 2 is 1.75 bits per heavy atom. The first-order valence-electron chi connectivity index (χ1n) is 6.02. The highest BCUT2D eigenvalue weighted by molar-refractivity contribution is 6.11. The number of carbonyl (C=O) groups excluding carboxylic acids is 2. The number of methoxy groups -OCH3 is 2. The third-order valence-electron chi connectivity index (χ3n) is 2.92. The third-order valence-corrected chi connectivity index (χ3v) is 2.92. The van der Waals surface area contributed by atoms with Crippen LogP contribution in [0.4, 0.5) is 0 Å². The SMILES string of the molecule is COc1cc(C=O)cc(C(=O)c2ccccc2)c1OC. The maximum atomic E-state index is 12.5. The molecule has 0 atom stereocenters. The quantitative estimate of drug-likeness (QED) is 0.619. The Morgan fingerprint density at radius 3 is 2.30 bits per heavy atom. The molecule has 0 unspecified atom stereocenters. The molecule has 0 heterocycles. The normalized spacial score (nSPS) is 9.90. The topological polar surface area (TPSA) is 52.6 Å². The van der Waals surface area contributed by atoms with Gasteiger partial charge in [0.2, 0.25) is 0 Å². The van der Waals surface area contributed by atoms with Gasteiger partial charge in [0.25, 0.3) is 0 Å². The van der Waals surface area contributed by atoms with Gasteiger partial charge in [-0.1, -0.05) is 30.3 Å². The number of ether oxygens (including phenoxy) is 2. The largest absolute Gasteiger partial charge is 0.493 e. The molecular weight excluding hydrogens is 256 g/mol. The van der Waals surface area contributed by atoms with Crippen LogP contribution < -0.4 is 9.47 Å². The minimum atomic E-state index is -0.218. The first-order chi connectivity index (χ1) is 9.71. The Labute approximate surface area is 116 Å². The average Bonchev–Trinajstić information content (AvgIpc) is 2.53. The molecule has 2 rings (SSSR count). The lowest BCUT2D eigenvalue weighted by Crippen LogP contribution is -2.06. The van der Waals surface area contributed by atoms with E-state index >= 15 is 0 Å². The summed E-state index contributed by atoms with van der Waals surface area (Å²) in [7, 11) is 2.92. The molecule has 2 aromatic rings. The van der Waals surface area contributed by atoms with Crippen molar-refractivity contribution in [3.63, 3.8) is 0 Å². The molecule has 0 saturated heterocycles. The first kappa shape index (κ1) is 13.8. The maximum Gasteiger partial charge on any atom is 0.196 e. The van der Waals surface area contributed by atoms with Gasteiger partial charge in [0.1, 0.15) is 6.29 Å². The van der Waals surface area contributed by atoms with Crippen LogP contribution in [-0.4, -0.2) is 26.3 Å². The number of benzene rings is 2. The third kappa shape index (κ3) is 2.54. The van der Waals surface area contributed by atoms with Crippen LogP contribution >= 0.6 is 0 Å².